The lowest BCUT2D eigenvalue weighted by Crippen LogP contribution is -2.64. The van der Waals surface area contributed by atoms with E-state index in [0.29, 0.717) is 62.5 Å². The molecular weight excluding hydrogens is 839 g/mol. The lowest BCUT2D eigenvalue weighted by atomic mass is 9.81. The van der Waals surface area contributed by atoms with Crippen LogP contribution in [0.15, 0.2) is 53.6 Å². The van der Waals surface area contributed by atoms with Gasteiger partial charge in [-0.3, -0.25) is 14.4 Å². The molecule has 0 unspecified atom stereocenters. The first kappa shape index (κ1) is 53.8. The van der Waals surface area contributed by atoms with E-state index in [2.05, 4.69) is 6.92 Å². The van der Waals surface area contributed by atoms with Crippen molar-refractivity contribution in [3.05, 3.63) is 59.2 Å². The van der Waals surface area contributed by atoms with E-state index in [1.807, 2.05) is 32.9 Å². The maximum atomic E-state index is 14.3. The zero-order valence-electron chi connectivity index (χ0n) is 39.9. The fraction of sp³-hybridized carbons (Fsp3) is 0.700. The molecule has 1 aliphatic carbocycles. The normalized spacial score (nSPS) is 37.0. The van der Waals surface area contributed by atoms with Crippen LogP contribution in [-0.2, 0) is 42.9 Å². The molecule has 0 spiro atoms. The lowest BCUT2D eigenvalue weighted by Gasteiger charge is -2.47. The summed E-state index contributed by atoms with van der Waals surface area (Å²) >= 11 is 0. The smallest absolute Gasteiger partial charge is 0.335 e. The highest BCUT2D eigenvalue weighted by atomic mass is 16.7. The average molecular weight is 914 g/mol. The fourth-order valence-electron chi connectivity index (χ4n) is 9.97. The molecule has 1 aromatic rings. The molecule has 5 rings (SSSR count). The molecular formula is C50H75NO14. The quantitative estimate of drug-likeness (QED) is 0.143. The van der Waals surface area contributed by atoms with Crippen molar-refractivity contribution in [2.75, 3.05) is 27.9 Å². The van der Waals surface area contributed by atoms with Crippen molar-refractivity contribution in [3.8, 4) is 0 Å². The molecule has 65 heavy (non-hydrogen) atoms. The minimum absolute atomic E-state index is 0.000914. The van der Waals surface area contributed by atoms with E-state index in [4.69, 9.17) is 28.8 Å². The molecule has 2 saturated heterocycles. The molecule has 364 valence electrons. The number of Topliss-reactive ketones (excluding diaryl/α,β-unsaturated/α-hetero) is 2. The van der Waals surface area contributed by atoms with Crippen LogP contribution < -0.4 is 0 Å². The number of allylic oxidation sites excluding steroid dienone is 3. The van der Waals surface area contributed by atoms with Gasteiger partial charge in [0.15, 0.2) is 0 Å². The number of carboxylic acid groups (broad SMARTS) is 1. The van der Waals surface area contributed by atoms with Crippen molar-refractivity contribution < 1.29 is 68.1 Å². The number of fused-ring (bicyclic) bond motifs is 3. The van der Waals surface area contributed by atoms with Crippen LogP contribution in [0.4, 0.5) is 0 Å². The van der Waals surface area contributed by atoms with Crippen LogP contribution in [0, 0.1) is 29.6 Å². The third-order valence-corrected chi connectivity index (χ3v) is 13.9. The number of carbonyl (C=O) groups excluding carboxylic acids is 4. The predicted octanol–water partition coefficient (Wildman–Crippen LogP) is 5.86. The van der Waals surface area contributed by atoms with Crippen LogP contribution in [0.1, 0.15) is 123 Å². The first-order valence-corrected chi connectivity index (χ1v) is 23.4. The van der Waals surface area contributed by atoms with Crippen LogP contribution >= 0.6 is 0 Å². The van der Waals surface area contributed by atoms with Crippen molar-refractivity contribution in [2.24, 2.45) is 29.6 Å². The Balaban J connectivity index is 0.000000913. The number of ether oxygens (including phenoxy) is 5. The summed E-state index contributed by atoms with van der Waals surface area (Å²) in [6.07, 6.45) is 3.72. The third kappa shape index (κ3) is 13.9. The minimum atomic E-state index is -2.50. The second kappa shape index (κ2) is 24.8. The number of cyclic esters (lactones) is 1. The highest BCUT2D eigenvalue weighted by Crippen LogP contribution is 2.39. The van der Waals surface area contributed by atoms with Gasteiger partial charge in [0.25, 0.3) is 11.7 Å². The second-order valence-electron chi connectivity index (χ2n) is 18.8. The summed E-state index contributed by atoms with van der Waals surface area (Å²) in [5.41, 5.74) is 1.99. The molecule has 4 aliphatic rings. The highest BCUT2D eigenvalue weighted by Gasteiger charge is 2.56. The summed E-state index contributed by atoms with van der Waals surface area (Å²) in [6.45, 7) is 11.3. The van der Waals surface area contributed by atoms with Gasteiger partial charge in [-0.1, -0.05) is 63.6 Å². The topological polar surface area (TPSA) is 216 Å². The number of aromatic carboxylic acids is 1. The molecule has 15 heteroatoms. The number of carboxylic acids is 1. The maximum Gasteiger partial charge on any atom is 0.335 e. The summed E-state index contributed by atoms with van der Waals surface area (Å²) in [5, 5.41) is 42.5. The van der Waals surface area contributed by atoms with Crippen molar-refractivity contribution in [1.82, 2.24) is 4.90 Å². The van der Waals surface area contributed by atoms with Gasteiger partial charge < -0.3 is 49.0 Å². The Morgan fingerprint density at radius 1 is 0.877 bits per heavy atom. The van der Waals surface area contributed by atoms with Gasteiger partial charge in [-0.25, -0.2) is 9.59 Å². The number of benzene rings is 1. The summed E-state index contributed by atoms with van der Waals surface area (Å²) in [4.78, 5) is 67.8. The standard InChI is InChI=1S/C43H69NO12.C7H6O2/c1-10-30-18-24(2)17-25(3)19-36(53-8)39-37(54-9)21-27(5)43(51,56-39)40(48)41(49)44-16-12-11-13-31(44)42(50)55-38(28(6)33(46)23-34(30)47)26(4)20-29-14-15-32(45)35(22-29)52-7;8-7(9)6-4-2-1-3-5-6/h18,20,25,27-33,35-39,45-46,51H,10-17,19,21-23H2,1-9H3;1-5H,(H,8,9)/b24-18+,26-20+;/t25-,27+,28+,29-,30+,31-,32+,33-,35+,36-,37-,38+,39+,43+;/m0./s1. The number of hydrogen-bond acceptors (Lipinski definition) is 13. The SMILES string of the molecule is CC[C@@H]1/C=C(\C)C[C@H](C)C[C@H](OC)[C@H]2O[C@@](O)(C(=O)C(=O)N3CCCC[C@H]3C(=O)O[C@H](/C(C)=C/[C@@H]3CC[C@@H](O)[C@H](OC)C3)[C@H](C)[C@@H](O)CC1=O)[C@H](C)C[C@@H]2OC.O=C(O)c1ccccc1. The van der Waals surface area contributed by atoms with Crippen molar-refractivity contribution in [1.29, 1.82) is 0 Å². The van der Waals surface area contributed by atoms with Crippen molar-refractivity contribution in [3.63, 3.8) is 0 Å². The Hall–Kier alpha value is -3.83. The number of aliphatic hydroxyl groups excluding tert-OH is 2. The zero-order chi connectivity index (χ0) is 48.2. The van der Waals surface area contributed by atoms with E-state index < -0.39 is 89.8 Å². The molecule has 0 radical (unpaired) electrons. The number of methoxy groups -OCH3 is 3. The van der Waals surface area contributed by atoms with Gasteiger partial charge in [-0.2, -0.15) is 0 Å². The Bertz CT molecular complexity index is 1820. The Labute approximate surface area is 384 Å². The number of piperidine rings is 1. The Morgan fingerprint density at radius 2 is 1.52 bits per heavy atom. The molecule has 1 aromatic carbocycles. The molecule has 4 N–H and O–H groups in total. The number of esters is 1. The van der Waals surface area contributed by atoms with E-state index in [0.717, 1.165) is 5.57 Å². The Kier molecular flexibility index (Phi) is 20.5. The van der Waals surface area contributed by atoms with Gasteiger partial charge in [0.1, 0.15) is 24.0 Å². The first-order chi connectivity index (χ1) is 30.8. The summed E-state index contributed by atoms with van der Waals surface area (Å²) in [5.74, 6) is -8.37. The zero-order valence-corrected chi connectivity index (χ0v) is 39.9. The molecule has 3 heterocycles. The van der Waals surface area contributed by atoms with Gasteiger partial charge >= 0.3 is 11.9 Å². The van der Waals surface area contributed by atoms with E-state index in [9.17, 15) is 39.3 Å². The van der Waals surface area contributed by atoms with E-state index in [1.165, 1.54) is 19.1 Å². The largest absolute Gasteiger partial charge is 0.478 e. The maximum absolute atomic E-state index is 14.3. The molecule has 15 nitrogen and oxygen atoms in total. The number of rotatable bonds is 7. The summed E-state index contributed by atoms with van der Waals surface area (Å²) < 4.78 is 29.7. The number of amides is 1. The van der Waals surface area contributed by atoms with Gasteiger partial charge in [-0.05, 0) is 108 Å². The van der Waals surface area contributed by atoms with Crippen LogP contribution in [0.3, 0.4) is 0 Å². The van der Waals surface area contributed by atoms with Crippen LogP contribution in [0.25, 0.3) is 0 Å². The van der Waals surface area contributed by atoms with Crippen molar-refractivity contribution in [2.45, 2.75) is 167 Å². The number of nitrogens with zero attached hydrogens (tertiary/aromatic N) is 1. The monoisotopic (exact) mass is 914 g/mol. The second-order valence-corrected chi connectivity index (χ2v) is 18.8. The van der Waals surface area contributed by atoms with Crippen molar-refractivity contribution >= 4 is 29.4 Å². The summed E-state index contributed by atoms with van der Waals surface area (Å²) in [7, 11) is 4.63. The molecule has 2 bridgehead atoms. The lowest BCUT2D eigenvalue weighted by molar-refractivity contribution is -0.302. The Morgan fingerprint density at radius 3 is 2.12 bits per heavy atom. The fourth-order valence-corrected chi connectivity index (χ4v) is 9.97. The van der Waals surface area contributed by atoms with Gasteiger partial charge in [-0.15, -0.1) is 0 Å². The van der Waals surface area contributed by atoms with E-state index in [1.54, 1.807) is 51.3 Å². The molecule has 1 saturated carbocycles. The number of hydrogen-bond donors (Lipinski definition) is 4. The number of carbonyl (C=O) groups is 5. The minimum Gasteiger partial charge on any atom is -0.478 e. The average Bonchev–Trinajstić information content (AvgIpc) is 3.29. The number of ketones is 2. The predicted molar refractivity (Wildman–Crippen MR) is 241 cm³/mol. The molecule has 14 atom stereocenters. The first-order valence-electron chi connectivity index (χ1n) is 23.4. The van der Waals surface area contributed by atoms with Gasteiger partial charge in [0, 0.05) is 52.0 Å². The molecule has 1 amide bonds. The van der Waals surface area contributed by atoms with Gasteiger partial charge in [0.05, 0.1) is 36.1 Å². The highest BCUT2D eigenvalue weighted by molar-refractivity contribution is 6.39. The molecule has 0 aromatic heterocycles. The molecule has 3 fully saturated rings. The van der Waals surface area contributed by atoms with Gasteiger partial charge in [0.2, 0.25) is 5.79 Å². The number of aliphatic hydroxyl groups is 3. The van der Waals surface area contributed by atoms with E-state index >= 15 is 0 Å². The van der Waals surface area contributed by atoms with Crippen LogP contribution in [-0.4, -0.2) is 137 Å². The molecule has 3 aliphatic heterocycles. The van der Waals surface area contributed by atoms with E-state index in [-0.39, 0.29) is 49.5 Å². The van der Waals surface area contributed by atoms with Crippen LogP contribution in [0.5, 0.6) is 0 Å². The third-order valence-electron chi connectivity index (χ3n) is 13.9. The van der Waals surface area contributed by atoms with Crippen LogP contribution in [0.2, 0.25) is 0 Å². The summed E-state index contributed by atoms with van der Waals surface area (Å²) in [6, 6.07) is 7.16.